The van der Waals surface area contributed by atoms with Gasteiger partial charge in [-0.1, -0.05) is 20.8 Å². The molecule has 4 aromatic rings. The molecule has 0 atom stereocenters. The molecule has 1 aliphatic heterocycles. The van der Waals surface area contributed by atoms with Crippen molar-refractivity contribution in [2.24, 2.45) is 7.05 Å². The van der Waals surface area contributed by atoms with Crippen LogP contribution >= 0.6 is 0 Å². The predicted molar refractivity (Wildman–Crippen MR) is 112 cm³/mol. The van der Waals surface area contributed by atoms with Gasteiger partial charge in [0.15, 0.2) is 22.8 Å². The third-order valence-corrected chi connectivity index (χ3v) is 5.49. The topological polar surface area (TPSA) is 80.3 Å². The first-order valence-electron chi connectivity index (χ1n) is 9.88. The number of imidazole rings is 1. The van der Waals surface area contributed by atoms with E-state index in [-0.39, 0.29) is 5.41 Å². The number of piperazine rings is 1. The maximum absolute atomic E-state index is 4.75. The zero-order chi connectivity index (χ0) is 20.2. The molecule has 29 heavy (non-hydrogen) atoms. The highest BCUT2D eigenvalue weighted by atomic mass is 15.3. The van der Waals surface area contributed by atoms with Crippen LogP contribution in [0.25, 0.3) is 16.7 Å². The number of aryl methyl sites for hydroxylation is 1. The van der Waals surface area contributed by atoms with E-state index in [2.05, 4.69) is 56.6 Å². The van der Waals surface area contributed by atoms with Crippen LogP contribution in [-0.2, 0) is 12.5 Å². The summed E-state index contributed by atoms with van der Waals surface area (Å²) in [5, 5.41) is 4.75. The van der Waals surface area contributed by atoms with Crippen molar-refractivity contribution >= 4 is 28.3 Å². The van der Waals surface area contributed by atoms with E-state index in [0.717, 1.165) is 60.2 Å². The molecule has 1 fully saturated rings. The molecule has 5 heterocycles. The number of hydrogen-bond donors (Lipinski definition) is 0. The van der Waals surface area contributed by atoms with Crippen molar-refractivity contribution < 1.29 is 0 Å². The highest BCUT2D eigenvalue weighted by Crippen LogP contribution is 2.28. The minimum Gasteiger partial charge on any atom is -0.351 e. The number of hydrogen-bond acceptors (Lipinski definition) is 7. The summed E-state index contributed by atoms with van der Waals surface area (Å²) in [6.45, 7) is 9.97. The second kappa shape index (κ2) is 6.40. The largest absolute Gasteiger partial charge is 0.351 e. The van der Waals surface area contributed by atoms with Gasteiger partial charge in [0.05, 0.1) is 12.0 Å². The van der Waals surface area contributed by atoms with Crippen LogP contribution < -0.4 is 9.80 Å². The molecule has 9 heteroatoms. The zero-order valence-electron chi connectivity index (χ0n) is 17.2. The SMILES string of the molecule is Cn1cnc2c(N3CCN(c4nccn5nc(C(C)(C)C)cc45)CC3)ncnc21. The molecule has 0 saturated carbocycles. The Hall–Kier alpha value is -3.23. The van der Waals surface area contributed by atoms with E-state index in [4.69, 9.17) is 5.10 Å². The Morgan fingerprint density at radius 1 is 0.897 bits per heavy atom. The first kappa shape index (κ1) is 17.8. The van der Waals surface area contributed by atoms with Crippen LogP contribution in [0, 0.1) is 0 Å². The normalized spacial score (nSPS) is 15.6. The van der Waals surface area contributed by atoms with Gasteiger partial charge in [0.2, 0.25) is 0 Å². The molecule has 0 radical (unpaired) electrons. The van der Waals surface area contributed by atoms with Crippen molar-refractivity contribution in [3.8, 4) is 0 Å². The van der Waals surface area contributed by atoms with Crippen molar-refractivity contribution in [3.63, 3.8) is 0 Å². The molecule has 0 amide bonds. The molecule has 0 aromatic carbocycles. The van der Waals surface area contributed by atoms with Crippen LogP contribution in [0.2, 0.25) is 0 Å². The molecule has 1 aliphatic rings. The van der Waals surface area contributed by atoms with E-state index in [1.165, 1.54) is 0 Å². The van der Waals surface area contributed by atoms with Crippen LogP contribution in [0.4, 0.5) is 11.6 Å². The lowest BCUT2D eigenvalue weighted by atomic mass is 9.92. The molecule has 0 spiro atoms. The van der Waals surface area contributed by atoms with Crippen molar-refractivity contribution in [1.82, 2.24) is 34.1 Å². The molecule has 0 aliphatic carbocycles. The molecular weight excluding hydrogens is 366 g/mol. The molecule has 4 aromatic heterocycles. The maximum atomic E-state index is 4.75. The van der Waals surface area contributed by atoms with Crippen molar-refractivity contribution in [2.45, 2.75) is 26.2 Å². The Kier molecular flexibility index (Phi) is 3.94. The molecule has 9 nitrogen and oxygen atoms in total. The fourth-order valence-corrected chi connectivity index (χ4v) is 3.81. The van der Waals surface area contributed by atoms with Gasteiger partial charge in [0.1, 0.15) is 11.8 Å². The Bertz CT molecular complexity index is 1180. The zero-order valence-corrected chi connectivity index (χ0v) is 17.2. The lowest BCUT2D eigenvalue weighted by Gasteiger charge is -2.36. The fraction of sp³-hybridized carbons (Fsp3) is 0.450. The maximum Gasteiger partial charge on any atom is 0.165 e. The summed E-state index contributed by atoms with van der Waals surface area (Å²) < 4.78 is 3.87. The summed E-state index contributed by atoms with van der Waals surface area (Å²) in [7, 11) is 1.95. The van der Waals surface area contributed by atoms with E-state index >= 15 is 0 Å². The van der Waals surface area contributed by atoms with E-state index < -0.39 is 0 Å². The van der Waals surface area contributed by atoms with Crippen LogP contribution in [0.15, 0.2) is 31.1 Å². The number of aromatic nitrogens is 7. The van der Waals surface area contributed by atoms with Gasteiger partial charge in [-0.3, -0.25) is 0 Å². The summed E-state index contributed by atoms with van der Waals surface area (Å²) in [5.41, 5.74) is 3.85. The third kappa shape index (κ3) is 2.97. The van der Waals surface area contributed by atoms with Gasteiger partial charge in [-0.25, -0.2) is 24.5 Å². The summed E-state index contributed by atoms with van der Waals surface area (Å²) in [6.07, 6.45) is 7.16. The van der Waals surface area contributed by atoms with Crippen LogP contribution in [-0.4, -0.2) is 60.3 Å². The molecule has 0 unspecified atom stereocenters. The van der Waals surface area contributed by atoms with Gasteiger partial charge in [-0.15, -0.1) is 0 Å². The lowest BCUT2D eigenvalue weighted by Crippen LogP contribution is -2.47. The summed E-state index contributed by atoms with van der Waals surface area (Å²) in [6, 6.07) is 2.16. The van der Waals surface area contributed by atoms with E-state index in [0.29, 0.717) is 0 Å². The molecular formula is C20H25N9. The number of fused-ring (bicyclic) bond motifs is 2. The average Bonchev–Trinajstić information content (AvgIpc) is 3.32. The van der Waals surface area contributed by atoms with E-state index in [1.807, 2.05) is 28.5 Å². The first-order chi connectivity index (χ1) is 13.9. The van der Waals surface area contributed by atoms with Gasteiger partial charge in [0.25, 0.3) is 0 Å². The standard InChI is InChI=1S/C20H25N9/c1-20(2,3)15-11-14-17(21-5-6-29(14)25-15)27-7-9-28(10-8-27)19-16-18(22-12-23-19)26(4)13-24-16/h5-6,11-13H,7-10H2,1-4H3. The van der Waals surface area contributed by atoms with Gasteiger partial charge >= 0.3 is 0 Å². The Labute approximate surface area is 169 Å². The lowest BCUT2D eigenvalue weighted by molar-refractivity contribution is 0.562. The Balaban J connectivity index is 1.41. The highest BCUT2D eigenvalue weighted by molar-refractivity contribution is 5.83. The predicted octanol–water partition coefficient (Wildman–Crippen LogP) is 2.03. The molecule has 1 saturated heterocycles. The Morgan fingerprint density at radius 2 is 1.62 bits per heavy atom. The monoisotopic (exact) mass is 391 g/mol. The van der Waals surface area contributed by atoms with E-state index in [9.17, 15) is 0 Å². The minimum absolute atomic E-state index is 0.00303. The second-order valence-corrected chi connectivity index (χ2v) is 8.56. The molecule has 5 rings (SSSR count). The summed E-state index contributed by atoms with van der Waals surface area (Å²) in [4.78, 5) is 22.7. The summed E-state index contributed by atoms with van der Waals surface area (Å²) in [5.74, 6) is 1.89. The smallest absolute Gasteiger partial charge is 0.165 e. The highest BCUT2D eigenvalue weighted by Gasteiger charge is 2.25. The quantitative estimate of drug-likeness (QED) is 0.517. The van der Waals surface area contributed by atoms with Crippen molar-refractivity contribution in [3.05, 3.63) is 36.8 Å². The number of rotatable bonds is 2. The molecule has 150 valence electrons. The number of anilines is 2. The second-order valence-electron chi connectivity index (χ2n) is 8.56. The molecule has 0 bridgehead atoms. The van der Waals surface area contributed by atoms with Gasteiger partial charge < -0.3 is 14.4 Å². The number of nitrogens with zero attached hydrogens (tertiary/aromatic N) is 9. The summed E-state index contributed by atoms with van der Waals surface area (Å²) >= 11 is 0. The molecule has 0 N–H and O–H groups in total. The van der Waals surface area contributed by atoms with Crippen molar-refractivity contribution in [1.29, 1.82) is 0 Å². The average molecular weight is 391 g/mol. The van der Waals surface area contributed by atoms with Gasteiger partial charge in [0, 0.05) is 51.0 Å². The minimum atomic E-state index is 0.00303. The first-order valence-corrected chi connectivity index (χ1v) is 9.88. The van der Waals surface area contributed by atoms with Gasteiger partial charge in [-0.2, -0.15) is 5.10 Å². The fourth-order valence-electron chi connectivity index (χ4n) is 3.81. The van der Waals surface area contributed by atoms with Gasteiger partial charge in [-0.05, 0) is 6.07 Å². The van der Waals surface area contributed by atoms with Crippen LogP contribution in [0.1, 0.15) is 26.5 Å². The van der Waals surface area contributed by atoms with Crippen LogP contribution in [0.3, 0.4) is 0 Å². The Morgan fingerprint density at radius 3 is 2.34 bits per heavy atom. The third-order valence-electron chi connectivity index (χ3n) is 5.49. The van der Waals surface area contributed by atoms with Crippen LogP contribution in [0.5, 0.6) is 0 Å². The van der Waals surface area contributed by atoms with E-state index in [1.54, 1.807) is 12.7 Å². The van der Waals surface area contributed by atoms with Crippen molar-refractivity contribution in [2.75, 3.05) is 36.0 Å².